The number of amides is 1. The molecule has 1 spiro atoms. The Morgan fingerprint density at radius 1 is 1.13 bits per heavy atom. The Bertz CT molecular complexity index is 691. The number of carbonyl (C=O) groups excluding carboxylic acids is 1. The zero-order valence-electron chi connectivity index (χ0n) is 13.1. The van der Waals surface area contributed by atoms with E-state index in [9.17, 15) is 4.79 Å². The van der Waals surface area contributed by atoms with Crippen LogP contribution in [0.5, 0.6) is 0 Å². The van der Waals surface area contributed by atoms with E-state index in [1.807, 2.05) is 40.7 Å². The van der Waals surface area contributed by atoms with Crippen LogP contribution in [0.4, 0.5) is 0 Å². The molecule has 1 amide bonds. The molecule has 0 saturated carbocycles. The Balaban J connectivity index is 1.51. The molecule has 2 saturated heterocycles. The van der Waals surface area contributed by atoms with Crippen LogP contribution in [0.25, 0.3) is 11.3 Å². The number of nitrogens with zero attached hydrogens (tertiary/aromatic N) is 3. The van der Waals surface area contributed by atoms with E-state index in [0.717, 1.165) is 30.6 Å². The van der Waals surface area contributed by atoms with Crippen LogP contribution in [0.3, 0.4) is 0 Å². The van der Waals surface area contributed by atoms with Crippen LogP contribution in [0.1, 0.15) is 19.3 Å². The molecule has 0 bridgehead atoms. The number of carbonyl (C=O) groups is 1. The lowest BCUT2D eigenvalue weighted by molar-refractivity contribution is -0.149. The topological polar surface area (TPSA) is 38.1 Å². The Labute approximate surface area is 140 Å². The van der Waals surface area contributed by atoms with Gasteiger partial charge in [0.15, 0.2) is 0 Å². The zero-order valence-corrected chi connectivity index (χ0v) is 14.0. The highest BCUT2D eigenvalue weighted by molar-refractivity contribution is 7.99. The van der Waals surface area contributed by atoms with Crippen molar-refractivity contribution >= 4 is 17.7 Å². The minimum absolute atomic E-state index is 0.155. The van der Waals surface area contributed by atoms with Crippen LogP contribution < -0.4 is 0 Å². The summed E-state index contributed by atoms with van der Waals surface area (Å²) in [6.07, 6.45) is 5.24. The second-order valence-electron chi connectivity index (χ2n) is 6.37. The normalized spacial score (nSPS) is 19.6. The van der Waals surface area contributed by atoms with Crippen molar-refractivity contribution in [2.45, 2.75) is 31.3 Å². The van der Waals surface area contributed by atoms with Crippen molar-refractivity contribution in [2.75, 3.05) is 18.1 Å². The maximum Gasteiger partial charge on any atom is 0.244 e. The third kappa shape index (κ3) is 2.67. The molecule has 0 atom stereocenters. The number of benzene rings is 1. The molecule has 4 rings (SSSR count). The van der Waals surface area contributed by atoms with Crippen LogP contribution >= 0.6 is 11.8 Å². The Kier molecular flexibility index (Phi) is 3.89. The van der Waals surface area contributed by atoms with Gasteiger partial charge in [0.1, 0.15) is 6.54 Å². The highest BCUT2D eigenvalue weighted by atomic mass is 32.2. The van der Waals surface area contributed by atoms with E-state index in [1.165, 1.54) is 17.9 Å². The molecule has 2 fully saturated rings. The van der Waals surface area contributed by atoms with Crippen molar-refractivity contribution in [2.24, 2.45) is 0 Å². The number of rotatable bonds is 3. The second-order valence-corrected chi connectivity index (χ2v) is 7.60. The fraction of sp³-hybridized carbons (Fsp3) is 0.444. The van der Waals surface area contributed by atoms with Crippen molar-refractivity contribution in [3.63, 3.8) is 0 Å². The van der Waals surface area contributed by atoms with E-state index in [-0.39, 0.29) is 11.4 Å². The first-order valence-electron chi connectivity index (χ1n) is 8.24. The molecule has 120 valence electrons. The summed E-state index contributed by atoms with van der Waals surface area (Å²) in [4.78, 5) is 14.9. The van der Waals surface area contributed by atoms with E-state index in [4.69, 9.17) is 0 Å². The summed E-state index contributed by atoms with van der Waals surface area (Å²) in [5.41, 5.74) is 2.26. The molecule has 0 radical (unpaired) electrons. The number of aromatic nitrogens is 2. The maximum atomic E-state index is 12.8. The molecule has 2 aliphatic heterocycles. The van der Waals surface area contributed by atoms with Crippen molar-refractivity contribution < 1.29 is 4.79 Å². The van der Waals surface area contributed by atoms with Crippen LogP contribution in [0, 0.1) is 0 Å². The number of hydrogen-bond donors (Lipinski definition) is 0. The van der Waals surface area contributed by atoms with Crippen LogP contribution in [-0.4, -0.2) is 44.2 Å². The molecule has 0 aliphatic carbocycles. The van der Waals surface area contributed by atoms with Gasteiger partial charge in [0.05, 0.1) is 5.69 Å². The van der Waals surface area contributed by atoms with Gasteiger partial charge >= 0.3 is 0 Å². The predicted octanol–water partition coefficient (Wildman–Crippen LogP) is 3.05. The minimum Gasteiger partial charge on any atom is -0.335 e. The van der Waals surface area contributed by atoms with Gasteiger partial charge in [0.25, 0.3) is 0 Å². The third-order valence-corrected chi connectivity index (χ3v) is 6.15. The summed E-state index contributed by atoms with van der Waals surface area (Å²) in [5, 5.41) is 4.37. The summed E-state index contributed by atoms with van der Waals surface area (Å²) >= 11 is 2.01. The standard InChI is InChI=1S/C18H21N3OS/c22-17(20-11-7-18(20)8-12-23-13-9-18)14-21-16(6-10-19-21)15-4-2-1-3-5-15/h1-6,10H,7-9,11-14H2. The molecule has 0 N–H and O–H groups in total. The van der Waals surface area contributed by atoms with Gasteiger partial charge in [-0.15, -0.1) is 0 Å². The van der Waals surface area contributed by atoms with Crippen LogP contribution in [0.2, 0.25) is 0 Å². The summed E-state index contributed by atoms with van der Waals surface area (Å²) in [7, 11) is 0. The lowest BCUT2D eigenvalue weighted by atomic mass is 9.79. The van der Waals surface area contributed by atoms with Gasteiger partial charge in [-0.25, -0.2) is 0 Å². The minimum atomic E-state index is 0.155. The second kappa shape index (κ2) is 6.04. The summed E-state index contributed by atoms with van der Waals surface area (Å²) in [5.74, 6) is 2.57. The fourth-order valence-electron chi connectivity index (χ4n) is 3.73. The highest BCUT2D eigenvalue weighted by Crippen LogP contribution is 2.42. The zero-order chi connectivity index (χ0) is 15.7. The van der Waals surface area contributed by atoms with Crippen molar-refractivity contribution in [1.82, 2.24) is 14.7 Å². The van der Waals surface area contributed by atoms with Gasteiger partial charge in [-0.1, -0.05) is 30.3 Å². The monoisotopic (exact) mass is 327 g/mol. The SMILES string of the molecule is O=C(Cn1nccc1-c1ccccc1)N1CCC12CCSCC2. The quantitative estimate of drug-likeness (QED) is 0.870. The average molecular weight is 327 g/mol. The first kappa shape index (κ1) is 14.8. The first-order chi connectivity index (χ1) is 11.3. The average Bonchev–Trinajstić information content (AvgIpc) is 3.03. The van der Waals surface area contributed by atoms with E-state index in [0.29, 0.717) is 6.54 Å². The van der Waals surface area contributed by atoms with Crippen LogP contribution in [0.15, 0.2) is 42.6 Å². The van der Waals surface area contributed by atoms with E-state index < -0.39 is 0 Å². The molecule has 4 nitrogen and oxygen atoms in total. The number of thioether (sulfide) groups is 1. The lowest BCUT2D eigenvalue weighted by Crippen LogP contribution is -2.64. The third-order valence-electron chi connectivity index (χ3n) is 5.17. The summed E-state index contributed by atoms with van der Waals surface area (Å²) in [6.45, 7) is 1.25. The lowest BCUT2D eigenvalue weighted by Gasteiger charge is -2.55. The molecule has 23 heavy (non-hydrogen) atoms. The molecule has 2 aliphatic rings. The maximum absolute atomic E-state index is 12.8. The molecule has 2 aromatic rings. The first-order valence-corrected chi connectivity index (χ1v) is 9.39. The predicted molar refractivity (Wildman–Crippen MR) is 93.3 cm³/mol. The van der Waals surface area contributed by atoms with Gasteiger partial charge in [0, 0.05) is 18.3 Å². The highest BCUT2D eigenvalue weighted by Gasteiger charge is 2.47. The van der Waals surface area contributed by atoms with Crippen molar-refractivity contribution in [3.8, 4) is 11.3 Å². The van der Waals surface area contributed by atoms with Gasteiger partial charge in [-0.3, -0.25) is 9.48 Å². The summed E-state index contributed by atoms with van der Waals surface area (Å²) < 4.78 is 1.83. The Morgan fingerprint density at radius 3 is 2.61 bits per heavy atom. The van der Waals surface area contributed by atoms with Gasteiger partial charge < -0.3 is 4.90 Å². The van der Waals surface area contributed by atoms with Crippen LogP contribution in [-0.2, 0) is 11.3 Å². The van der Waals surface area contributed by atoms with Gasteiger partial charge in [-0.2, -0.15) is 16.9 Å². The molecule has 0 unspecified atom stereocenters. The molecular weight excluding hydrogens is 306 g/mol. The largest absolute Gasteiger partial charge is 0.335 e. The number of likely N-dealkylation sites (tertiary alicyclic amines) is 1. The molecule has 3 heterocycles. The molecule has 1 aromatic carbocycles. The Hall–Kier alpha value is -1.75. The van der Waals surface area contributed by atoms with E-state index in [2.05, 4.69) is 22.1 Å². The molecular formula is C18H21N3OS. The molecule has 5 heteroatoms. The van der Waals surface area contributed by atoms with Gasteiger partial charge in [0.2, 0.25) is 5.91 Å². The van der Waals surface area contributed by atoms with Crippen molar-refractivity contribution in [3.05, 3.63) is 42.6 Å². The van der Waals surface area contributed by atoms with E-state index >= 15 is 0 Å². The van der Waals surface area contributed by atoms with Gasteiger partial charge in [-0.05, 0) is 42.4 Å². The fourth-order valence-corrected chi connectivity index (χ4v) is 4.98. The molecule has 1 aromatic heterocycles. The Morgan fingerprint density at radius 2 is 1.91 bits per heavy atom. The summed E-state index contributed by atoms with van der Waals surface area (Å²) in [6, 6.07) is 12.1. The van der Waals surface area contributed by atoms with Crippen molar-refractivity contribution in [1.29, 1.82) is 0 Å². The van der Waals surface area contributed by atoms with E-state index in [1.54, 1.807) is 6.20 Å². The number of hydrogen-bond acceptors (Lipinski definition) is 3. The smallest absolute Gasteiger partial charge is 0.244 e.